The van der Waals surface area contributed by atoms with Crippen LogP contribution in [0, 0.1) is 0 Å². The molecular formula is C13H22N2O3. The highest BCUT2D eigenvalue weighted by molar-refractivity contribution is 5.77. The molecule has 0 unspecified atom stereocenters. The van der Waals surface area contributed by atoms with E-state index in [1.807, 2.05) is 4.90 Å². The predicted molar refractivity (Wildman–Crippen MR) is 66.3 cm³/mol. The van der Waals surface area contributed by atoms with Crippen molar-refractivity contribution in [1.82, 2.24) is 10.2 Å². The van der Waals surface area contributed by atoms with Crippen molar-refractivity contribution in [3.8, 4) is 0 Å². The minimum Gasteiger partial charge on any atom is -0.372 e. The molecule has 0 aromatic carbocycles. The van der Waals surface area contributed by atoms with Crippen molar-refractivity contribution in [3.63, 3.8) is 0 Å². The Morgan fingerprint density at radius 3 is 2.83 bits per heavy atom. The van der Waals surface area contributed by atoms with Crippen molar-refractivity contribution < 1.29 is 14.3 Å². The van der Waals surface area contributed by atoms with E-state index in [9.17, 15) is 4.79 Å². The smallest absolute Gasteiger partial charge is 0.248 e. The lowest BCUT2D eigenvalue weighted by Gasteiger charge is -2.47. The molecule has 3 saturated heterocycles. The van der Waals surface area contributed by atoms with E-state index in [0.717, 1.165) is 58.5 Å². The normalized spacial score (nSPS) is 30.4. The number of carbonyl (C=O) groups is 1. The van der Waals surface area contributed by atoms with Crippen LogP contribution in [0.5, 0.6) is 0 Å². The molecule has 3 rings (SSSR count). The molecule has 0 aliphatic carbocycles. The average Bonchev–Trinajstić information content (AvgIpc) is 2.88. The summed E-state index contributed by atoms with van der Waals surface area (Å²) in [5.41, 5.74) is -0.000388. The Kier molecular flexibility index (Phi) is 3.54. The minimum atomic E-state index is -0.000388. The highest BCUT2D eigenvalue weighted by Gasteiger charge is 2.43. The lowest BCUT2D eigenvalue weighted by molar-refractivity contribution is -0.163. The maximum atomic E-state index is 11.9. The van der Waals surface area contributed by atoms with Crippen molar-refractivity contribution in [2.45, 2.75) is 37.4 Å². The van der Waals surface area contributed by atoms with Crippen molar-refractivity contribution in [2.75, 3.05) is 39.4 Å². The fourth-order valence-corrected chi connectivity index (χ4v) is 3.02. The van der Waals surface area contributed by atoms with Crippen molar-refractivity contribution in [1.29, 1.82) is 0 Å². The van der Waals surface area contributed by atoms with Crippen LogP contribution in [0.4, 0.5) is 0 Å². The van der Waals surface area contributed by atoms with E-state index in [1.165, 1.54) is 0 Å². The molecule has 3 heterocycles. The molecule has 0 aromatic rings. The van der Waals surface area contributed by atoms with Crippen LogP contribution < -0.4 is 5.32 Å². The van der Waals surface area contributed by atoms with Crippen LogP contribution in [0.1, 0.15) is 25.7 Å². The SMILES string of the molecule is O=C(CO[C@@H]1CCOC2(CNC2)C1)N1CCCC1. The van der Waals surface area contributed by atoms with Crippen LogP contribution >= 0.6 is 0 Å². The highest BCUT2D eigenvalue weighted by Crippen LogP contribution is 2.30. The van der Waals surface area contributed by atoms with Crippen molar-refractivity contribution in [2.24, 2.45) is 0 Å². The van der Waals surface area contributed by atoms with E-state index >= 15 is 0 Å². The molecule has 0 bridgehead atoms. The number of hydrogen-bond donors (Lipinski definition) is 1. The minimum absolute atomic E-state index is 0.000388. The molecule has 5 heteroatoms. The first kappa shape index (κ1) is 12.4. The summed E-state index contributed by atoms with van der Waals surface area (Å²) in [6, 6.07) is 0. The number of amides is 1. The topological polar surface area (TPSA) is 50.8 Å². The number of likely N-dealkylation sites (tertiary alicyclic amines) is 1. The van der Waals surface area contributed by atoms with Crippen LogP contribution in [0.15, 0.2) is 0 Å². The van der Waals surface area contributed by atoms with Gasteiger partial charge in [-0.2, -0.15) is 0 Å². The number of carbonyl (C=O) groups excluding carboxylic acids is 1. The first-order chi connectivity index (χ1) is 8.77. The Morgan fingerprint density at radius 1 is 1.39 bits per heavy atom. The number of hydrogen-bond acceptors (Lipinski definition) is 4. The van der Waals surface area contributed by atoms with Crippen LogP contribution in [-0.4, -0.2) is 61.9 Å². The largest absolute Gasteiger partial charge is 0.372 e. The summed E-state index contributed by atoms with van der Waals surface area (Å²) >= 11 is 0. The third kappa shape index (κ3) is 2.53. The van der Waals surface area contributed by atoms with E-state index in [0.29, 0.717) is 0 Å². The fraction of sp³-hybridized carbons (Fsp3) is 0.923. The third-order valence-corrected chi connectivity index (χ3v) is 4.24. The summed E-state index contributed by atoms with van der Waals surface area (Å²) in [6.45, 7) is 4.66. The van der Waals surface area contributed by atoms with Gasteiger partial charge in [-0.1, -0.05) is 0 Å². The molecule has 3 aliphatic heterocycles. The summed E-state index contributed by atoms with van der Waals surface area (Å²) < 4.78 is 11.6. The Balaban J connectivity index is 1.43. The summed E-state index contributed by atoms with van der Waals surface area (Å²) in [7, 11) is 0. The Bertz CT molecular complexity index is 311. The molecule has 3 aliphatic rings. The van der Waals surface area contributed by atoms with Gasteiger partial charge in [0.1, 0.15) is 6.61 Å². The molecule has 0 radical (unpaired) electrons. The van der Waals surface area contributed by atoms with E-state index in [2.05, 4.69) is 5.32 Å². The van der Waals surface area contributed by atoms with Crippen molar-refractivity contribution >= 4 is 5.91 Å². The number of nitrogens with zero attached hydrogens (tertiary/aromatic N) is 1. The van der Waals surface area contributed by atoms with Gasteiger partial charge in [-0.15, -0.1) is 0 Å². The van der Waals surface area contributed by atoms with Gasteiger partial charge in [-0.25, -0.2) is 0 Å². The molecule has 1 atom stereocenters. The zero-order valence-corrected chi connectivity index (χ0v) is 10.8. The summed E-state index contributed by atoms with van der Waals surface area (Å²) in [5.74, 6) is 0.153. The molecule has 3 fully saturated rings. The van der Waals surface area contributed by atoms with Gasteiger partial charge < -0.3 is 19.7 Å². The zero-order valence-electron chi connectivity index (χ0n) is 10.8. The van der Waals surface area contributed by atoms with Gasteiger partial charge in [-0.05, 0) is 19.3 Å². The lowest BCUT2D eigenvalue weighted by Crippen LogP contribution is -2.64. The highest BCUT2D eigenvalue weighted by atomic mass is 16.5. The van der Waals surface area contributed by atoms with Crippen LogP contribution in [0.25, 0.3) is 0 Å². The summed E-state index contributed by atoms with van der Waals surface area (Å²) in [4.78, 5) is 13.8. The molecular weight excluding hydrogens is 232 g/mol. The van der Waals surface area contributed by atoms with Gasteiger partial charge in [0.25, 0.3) is 0 Å². The average molecular weight is 254 g/mol. The monoisotopic (exact) mass is 254 g/mol. The fourth-order valence-electron chi connectivity index (χ4n) is 3.02. The van der Waals surface area contributed by atoms with Crippen LogP contribution in [-0.2, 0) is 14.3 Å². The molecule has 5 nitrogen and oxygen atoms in total. The standard InChI is InChI=1S/C13H22N2O3/c16-12(15-4-1-2-5-15)8-17-11-3-6-18-13(7-11)9-14-10-13/h11,14H,1-10H2/t11-/m1/s1. The third-order valence-electron chi connectivity index (χ3n) is 4.24. The first-order valence-electron chi connectivity index (χ1n) is 7.02. The first-order valence-corrected chi connectivity index (χ1v) is 7.02. The second-order valence-electron chi connectivity index (χ2n) is 5.65. The molecule has 1 amide bonds. The second kappa shape index (κ2) is 5.15. The second-order valence-corrected chi connectivity index (χ2v) is 5.65. The summed E-state index contributed by atoms with van der Waals surface area (Å²) in [6.07, 6.45) is 4.30. The molecule has 0 aromatic heterocycles. The predicted octanol–water partition coefficient (Wildman–Crippen LogP) is 0.146. The van der Waals surface area contributed by atoms with E-state index in [4.69, 9.17) is 9.47 Å². The Labute approximate surface area is 108 Å². The van der Waals surface area contributed by atoms with E-state index < -0.39 is 0 Å². The van der Waals surface area contributed by atoms with Gasteiger partial charge in [0.05, 0.1) is 11.7 Å². The van der Waals surface area contributed by atoms with Gasteiger partial charge >= 0.3 is 0 Å². The maximum absolute atomic E-state index is 11.9. The maximum Gasteiger partial charge on any atom is 0.248 e. The molecule has 18 heavy (non-hydrogen) atoms. The van der Waals surface area contributed by atoms with Gasteiger partial charge in [0.15, 0.2) is 0 Å². The Hall–Kier alpha value is -0.650. The zero-order chi connectivity index (χ0) is 12.4. The quantitative estimate of drug-likeness (QED) is 0.779. The van der Waals surface area contributed by atoms with Crippen LogP contribution in [0.2, 0.25) is 0 Å². The summed E-state index contributed by atoms with van der Waals surface area (Å²) in [5, 5.41) is 3.25. The molecule has 0 saturated carbocycles. The van der Waals surface area contributed by atoms with Crippen molar-refractivity contribution in [3.05, 3.63) is 0 Å². The molecule has 102 valence electrons. The van der Waals surface area contributed by atoms with E-state index in [1.54, 1.807) is 0 Å². The molecule has 1 N–H and O–H groups in total. The van der Waals surface area contributed by atoms with Gasteiger partial charge in [0, 0.05) is 39.2 Å². The Morgan fingerprint density at radius 2 is 2.17 bits per heavy atom. The van der Waals surface area contributed by atoms with Crippen LogP contribution in [0.3, 0.4) is 0 Å². The lowest BCUT2D eigenvalue weighted by atomic mass is 9.87. The number of nitrogens with one attached hydrogen (secondary N) is 1. The number of ether oxygens (including phenoxy) is 2. The van der Waals surface area contributed by atoms with E-state index in [-0.39, 0.29) is 24.2 Å². The van der Waals surface area contributed by atoms with Gasteiger partial charge in [0.2, 0.25) is 5.91 Å². The number of rotatable bonds is 3. The molecule has 1 spiro atoms. The van der Waals surface area contributed by atoms with Gasteiger partial charge in [-0.3, -0.25) is 4.79 Å².